The first-order valence-corrected chi connectivity index (χ1v) is 10.6. The van der Waals surface area contributed by atoms with E-state index in [0.717, 1.165) is 49.5 Å². The highest BCUT2D eigenvalue weighted by molar-refractivity contribution is 7.22. The smallest absolute Gasteiger partial charge is 0.298 e. The van der Waals surface area contributed by atoms with Gasteiger partial charge in [-0.2, -0.15) is 0 Å². The summed E-state index contributed by atoms with van der Waals surface area (Å²) in [6.45, 7) is 8.20. The van der Waals surface area contributed by atoms with Crippen molar-refractivity contribution in [1.29, 1.82) is 0 Å². The van der Waals surface area contributed by atoms with Crippen molar-refractivity contribution < 1.29 is 23.9 Å². The number of nitrogens with one attached hydrogen (secondary N) is 1. The molecule has 1 N–H and O–H groups in total. The number of carbonyl (C=O) groups is 1. The average molecular weight is 405 g/mol. The van der Waals surface area contributed by atoms with Crippen LogP contribution >= 0.6 is 11.3 Å². The van der Waals surface area contributed by atoms with Gasteiger partial charge in [0.25, 0.3) is 5.91 Å². The molecule has 3 heterocycles. The molecule has 7 nitrogen and oxygen atoms in total. The van der Waals surface area contributed by atoms with Crippen LogP contribution in [0.4, 0.5) is 5.13 Å². The first-order valence-electron chi connectivity index (χ1n) is 9.75. The minimum absolute atomic E-state index is 0.188. The SMILES string of the molecule is Cc1ccc2nc(N(CCC[NH+]3CCOCC3)C(=O)C3=COCCO3)sc2c1. The summed E-state index contributed by atoms with van der Waals surface area (Å²) in [5.41, 5.74) is 2.10. The maximum Gasteiger partial charge on any atom is 0.298 e. The number of fused-ring (bicyclic) bond motifs is 1. The molecule has 28 heavy (non-hydrogen) atoms. The Labute approximate surface area is 168 Å². The number of quaternary nitrogens is 1. The van der Waals surface area contributed by atoms with Crippen molar-refractivity contribution in [3.05, 3.63) is 35.8 Å². The van der Waals surface area contributed by atoms with Crippen LogP contribution in [0.25, 0.3) is 10.2 Å². The topological polar surface area (TPSA) is 65.3 Å². The van der Waals surface area contributed by atoms with E-state index in [9.17, 15) is 4.79 Å². The Balaban J connectivity index is 1.52. The quantitative estimate of drug-likeness (QED) is 0.782. The van der Waals surface area contributed by atoms with Gasteiger partial charge < -0.3 is 19.1 Å². The lowest BCUT2D eigenvalue weighted by Gasteiger charge is -2.26. The van der Waals surface area contributed by atoms with Crippen molar-refractivity contribution in [2.24, 2.45) is 0 Å². The number of rotatable bonds is 6. The summed E-state index contributed by atoms with van der Waals surface area (Å²) in [4.78, 5) is 21.1. The molecule has 2 aromatic rings. The van der Waals surface area contributed by atoms with Gasteiger partial charge in [-0.3, -0.25) is 9.69 Å². The van der Waals surface area contributed by atoms with Crippen molar-refractivity contribution in [2.75, 3.05) is 57.5 Å². The number of morpholine rings is 1. The molecule has 150 valence electrons. The van der Waals surface area contributed by atoms with Crippen molar-refractivity contribution in [1.82, 2.24) is 4.98 Å². The number of carbonyl (C=O) groups excluding carboxylic acids is 1. The summed E-state index contributed by atoms with van der Waals surface area (Å²) in [5, 5.41) is 0.706. The van der Waals surface area contributed by atoms with Gasteiger partial charge in [-0.1, -0.05) is 17.4 Å². The summed E-state index contributed by atoms with van der Waals surface area (Å²) >= 11 is 1.54. The predicted octanol–water partition coefficient (Wildman–Crippen LogP) is 1.13. The first-order chi connectivity index (χ1) is 13.7. The molecule has 2 aliphatic rings. The molecule has 0 spiro atoms. The largest absolute Gasteiger partial charge is 0.494 e. The van der Waals surface area contributed by atoms with Crippen LogP contribution in [-0.4, -0.2) is 63.5 Å². The van der Waals surface area contributed by atoms with E-state index in [4.69, 9.17) is 19.2 Å². The maximum absolute atomic E-state index is 13.1. The van der Waals surface area contributed by atoms with Gasteiger partial charge in [0.1, 0.15) is 32.6 Å². The number of amides is 1. The molecule has 0 atom stereocenters. The summed E-state index contributed by atoms with van der Waals surface area (Å²) in [5.74, 6) is 0.0628. The van der Waals surface area contributed by atoms with Crippen LogP contribution in [0, 0.1) is 6.92 Å². The number of hydrogen-bond donors (Lipinski definition) is 1. The third-order valence-corrected chi connectivity index (χ3v) is 6.02. The van der Waals surface area contributed by atoms with Crippen molar-refractivity contribution in [3.63, 3.8) is 0 Å². The second-order valence-electron chi connectivity index (χ2n) is 7.09. The number of benzene rings is 1. The summed E-state index contributed by atoms with van der Waals surface area (Å²) in [6, 6.07) is 6.15. The van der Waals surface area contributed by atoms with E-state index in [1.165, 1.54) is 16.7 Å². The molecule has 1 saturated heterocycles. The zero-order valence-corrected chi connectivity index (χ0v) is 16.9. The summed E-state index contributed by atoms with van der Waals surface area (Å²) in [7, 11) is 0. The van der Waals surface area contributed by atoms with Gasteiger partial charge in [0.15, 0.2) is 5.13 Å². The monoisotopic (exact) mass is 404 g/mol. The molecule has 1 aromatic heterocycles. The Morgan fingerprint density at radius 2 is 2.11 bits per heavy atom. The van der Waals surface area contributed by atoms with Gasteiger partial charge in [0.05, 0.1) is 30.0 Å². The molecule has 0 bridgehead atoms. The minimum Gasteiger partial charge on any atom is -0.494 e. The molecule has 0 aliphatic carbocycles. The third kappa shape index (κ3) is 4.45. The first kappa shape index (κ1) is 19.2. The number of thiazole rings is 1. The van der Waals surface area contributed by atoms with E-state index >= 15 is 0 Å². The second-order valence-corrected chi connectivity index (χ2v) is 8.10. The highest BCUT2D eigenvalue weighted by atomic mass is 32.1. The molecule has 1 fully saturated rings. The fraction of sp³-hybridized carbons (Fsp3) is 0.500. The fourth-order valence-corrected chi connectivity index (χ4v) is 4.52. The Kier molecular flexibility index (Phi) is 6.09. The highest BCUT2D eigenvalue weighted by Gasteiger charge is 2.26. The zero-order valence-electron chi connectivity index (χ0n) is 16.1. The Hall–Kier alpha value is -2.16. The number of anilines is 1. The summed E-state index contributed by atoms with van der Waals surface area (Å²) < 4.78 is 17.3. The van der Waals surface area contributed by atoms with Gasteiger partial charge in [-0.05, 0) is 24.6 Å². The third-order valence-electron chi connectivity index (χ3n) is 4.98. The highest BCUT2D eigenvalue weighted by Crippen LogP contribution is 2.30. The Morgan fingerprint density at radius 1 is 1.25 bits per heavy atom. The van der Waals surface area contributed by atoms with Crippen LogP contribution in [0.2, 0.25) is 0 Å². The molecule has 1 amide bonds. The number of nitrogens with zero attached hydrogens (tertiary/aromatic N) is 2. The van der Waals surface area contributed by atoms with Gasteiger partial charge in [0.2, 0.25) is 5.76 Å². The molecule has 1 aromatic carbocycles. The van der Waals surface area contributed by atoms with Gasteiger partial charge in [-0.25, -0.2) is 4.98 Å². The molecule has 0 unspecified atom stereocenters. The lowest BCUT2D eigenvalue weighted by Crippen LogP contribution is -3.14. The zero-order chi connectivity index (χ0) is 19.3. The standard InChI is InChI=1S/C20H25N3O4S/c1-15-3-4-16-18(13-15)28-20(21-16)23(19(24)17-14-26-11-12-27-17)6-2-5-22-7-9-25-10-8-22/h3-4,13-14H,2,5-12H2,1H3/p+1. The number of aromatic nitrogens is 1. The Morgan fingerprint density at radius 3 is 2.89 bits per heavy atom. The molecule has 0 saturated carbocycles. The van der Waals surface area contributed by atoms with E-state index in [1.54, 1.807) is 16.2 Å². The normalized spacial score (nSPS) is 17.7. The van der Waals surface area contributed by atoms with E-state index in [-0.39, 0.29) is 11.7 Å². The van der Waals surface area contributed by atoms with Crippen LogP contribution in [0.3, 0.4) is 0 Å². The number of ether oxygens (including phenoxy) is 3. The van der Waals surface area contributed by atoms with Crippen LogP contribution in [-0.2, 0) is 19.0 Å². The number of aryl methyl sites for hydroxylation is 1. The number of hydrogen-bond acceptors (Lipinski definition) is 6. The van der Waals surface area contributed by atoms with Crippen LogP contribution in [0.5, 0.6) is 0 Å². The molecular weight excluding hydrogens is 378 g/mol. The molecule has 0 radical (unpaired) electrons. The lowest BCUT2D eigenvalue weighted by atomic mass is 10.2. The molecule has 4 rings (SSSR count). The van der Waals surface area contributed by atoms with Crippen molar-refractivity contribution >= 4 is 32.6 Å². The fourth-order valence-electron chi connectivity index (χ4n) is 3.43. The van der Waals surface area contributed by atoms with Gasteiger partial charge >= 0.3 is 0 Å². The summed E-state index contributed by atoms with van der Waals surface area (Å²) in [6.07, 6.45) is 2.31. The molecule has 8 heteroatoms. The molecular formula is C20H26N3O4S+. The van der Waals surface area contributed by atoms with Crippen molar-refractivity contribution in [2.45, 2.75) is 13.3 Å². The van der Waals surface area contributed by atoms with E-state index in [2.05, 4.69) is 13.0 Å². The van der Waals surface area contributed by atoms with Gasteiger partial charge in [0, 0.05) is 13.0 Å². The van der Waals surface area contributed by atoms with E-state index in [0.29, 0.717) is 24.9 Å². The minimum atomic E-state index is -0.188. The van der Waals surface area contributed by atoms with E-state index < -0.39 is 0 Å². The molecule has 2 aliphatic heterocycles. The van der Waals surface area contributed by atoms with E-state index in [1.807, 2.05) is 12.1 Å². The maximum atomic E-state index is 13.1. The predicted molar refractivity (Wildman–Crippen MR) is 108 cm³/mol. The Bertz CT molecular complexity index is 860. The second kappa shape index (κ2) is 8.89. The van der Waals surface area contributed by atoms with Crippen LogP contribution in [0.15, 0.2) is 30.2 Å². The average Bonchev–Trinajstić information content (AvgIpc) is 3.15. The van der Waals surface area contributed by atoms with Crippen molar-refractivity contribution in [3.8, 4) is 0 Å². The lowest BCUT2D eigenvalue weighted by molar-refractivity contribution is -0.908. The van der Waals surface area contributed by atoms with Gasteiger partial charge in [-0.15, -0.1) is 0 Å². The van der Waals surface area contributed by atoms with Crippen LogP contribution in [0.1, 0.15) is 12.0 Å². The van der Waals surface area contributed by atoms with Crippen LogP contribution < -0.4 is 9.80 Å².